The van der Waals surface area contributed by atoms with E-state index in [9.17, 15) is 4.79 Å². The SMILES string of the molecule is CC1(C)CC(=O)C(CCC#N)C(C)(C)N1. The highest BCUT2D eigenvalue weighted by Crippen LogP contribution is 2.33. The first-order valence-electron chi connectivity index (χ1n) is 5.47. The van der Waals surface area contributed by atoms with E-state index in [2.05, 4.69) is 11.4 Å². The van der Waals surface area contributed by atoms with Gasteiger partial charge < -0.3 is 5.32 Å². The number of piperidine rings is 1. The van der Waals surface area contributed by atoms with Crippen molar-refractivity contribution in [3.8, 4) is 6.07 Å². The van der Waals surface area contributed by atoms with E-state index >= 15 is 0 Å². The van der Waals surface area contributed by atoms with Crippen LogP contribution in [0, 0.1) is 17.2 Å². The highest BCUT2D eigenvalue weighted by molar-refractivity contribution is 5.84. The number of nitrogens with one attached hydrogen (secondary N) is 1. The molecule has 3 nitrogen and oxygen atoms in total. The average Bonchev–Trinajstić information content (AvgIpc) is 1.98. The lowest BCUT2D eigenvalue weighted by Crippen LogP contribution is -2.63. The summed E-state index contributed by atoms with van der Waals surface area (Å²) in [7, 11) is 0. The van der Waals surface area contributed by atoms with Crippen LogP contribution in [0.15, 0.2) is 0 Å². The third kappa shape index (κ3) is 2.79. The second kappa shape index (κ2) is 3.94. The van der Waals surface area contributed by atoms with Crippen LogP contribution < -0.4 is 5.32 Å². The molecule has 0 aromatic heterocycles. The Labute approximate surface area is 91.9 Å². The quantitative estimate of drug-likeness (QED) is 0.755. The molecule has 0 bridgehead atoms. The minimum absolute atomic E-state index is 0.0230. The Morgan fingerprint density at radius 1 is 1.47 bits per heavy atom. The summed E-state index contributed by atoms with van der Waals surface area (Å²) in [6.07, 6.45) is 1.69. The molecular weight excluding hydrogens is 188 g/mol. The van der Waals surface area contributed by atoms with Gasteiger partial charge in [0.2, 0.25) is 0 Å². The fraction of sp³-hybridized carbons (Fsp3) is 0.833. The van der Waals surface area contributed by atoms with Gasteiger partial charge in [-0.1, -0.05) is 0 Å². The van der Waals surface area contributed by atoms with E-state index in [-0.39, 0.29) is 17.0 Å². The molecule has 0 saturated carbocycles. The van der Waals surface area contributed by atoms with Crippen LogP contribution in [0.4, 0.5) is 0 Å². The number of nitriles is 1. The predicted molar refractivity (Wildman–Crippen MR) is 59.3 cm³/mol. The molecule has 0 aromatic rings. The van der Waals surface area contributed by atoms with Crippen LogP contribution in [0.25, 0.3) is 0 Å². The van der Waals surface area contributed by atoms with Crippen molar-refractivity contribution in [3.05, 3.63) is 0 Å². The maximum Gasteiger partial charge on any atom is 0.139 e. The van der Waals surface area contributed by atoms with Gasteiger partial charge in [-0.3, -0.25) is 4.79 Å². The number of hydrogen-bond donors (Lipinski definition) is 1. The third-order valence-corrected chi connectivity index (χ3v) is 3.08. The Hall–Kier alpha value is -0.880. The van der Waals surface area contributed by atoms with Gasteiger partial charge in [-0.25, -0.2) is 0 Å². The van der Waals surface area contributed by atoms with Crippen LogP contribution in [0.5, 0.6) is 0 Å². The van der Waals surface area contributed by atoms with Crippen molar-refractivity contribution >= 4 is 5.78 Å². The molecule has 84 valence electrons. The van der Waals surface area contributed by atoms with Crippen molar-refractivity contribution in [3.63, 3.8) is 0 Å². The van der Waals surface area contributed by atoms with E-state index < -0.39 is 0 Å². The van der Waals surface area contributed by atoms with Crippen molar-refractivity contribution < 1.29 is 4.79 Å². The normalized spacial score (nSPS) is 28.5. The van der Waals surface area contributed by atoms with E-state index in [4.69, 9.17) is 5.26 Å². The van der Waals surface area contributed by atoms with Gasteiger partial charge in [-0.05, 0) is 34.1 Å². The zero-order valence-electron chi connectivity index (χ0n) is 10.1. The van der Waals surface area contributed by atoms with Crippen molar-refractivity contribution in [1.82, 2.24) is 5.32 Å². The molecule has 3 heteroatoms. The Kier molecular flexibility index (Phi) is 3.20. The number of ketones is 1. The van der Waals surface area contributed by atoms with Gasteiger partial charge in [0.25, 0.3) is 0 Å². The fourth-order valence-corrected chi connectivity index (χ4v) is 2.70. The molecule has 1 fully saturated rings. The Bertz CT molecular complexity index is 299. The number of nitrogens with zero attached hydrogens (tertiary/aromatic N) is 1. The Morgan fingerprint density at radius 2 is 2.07 bits per heavy atom. The van der Waals surface area contributed by atoms with Crippen LogP contribution in [0.1, 0.15) is 47.0 Å². The molecule has 0 aliphatic carbocycles. The summed E-state index contributed by atoms with van der Waals surface area (Å²) >= 11 is 0. The van der Waals surface area contributed by atoms with Gasteiger partial charge in [0, 0.05) is 29.8 Å². The first kappa shape index (κ1) is 12.2. The smallest absolute Gasteiger partial charge is 0.139 e. The summed E-state index contributed by atoms with van der Waals surface area (Å²) in [6, 6.07) is 2.11. The molecule has 1 heterocycles. The van der Waals surface area contributed by atoms with Gasteiger partial charge in [-0.2, -0.15) is 5.26 Å². The molecule has 1 aliphatic heterocycles. The van der Waals surface area contributed by atoms with Crippen LogP contribution in [0.2, 0.25) is 0 Å². The first-order valence-corrected chi connectivity index (χ1v) is 5.47. The third-order valence-electron chi connectivity index (χ3n) is 3.08. The van der Waals surface area contributed by atoms with E-state index in [1.807, 2.05) is 27.7 Å². The Balaban J connectivity index is 2.80. The average molecular weight is 208 g/mol. The summed E-state index contributed by atoms with van der Waals surface area (Å²) in [5, 5.41) is 12.1. The Morgan fingerprint density at radius 3 is 2.53 bits per heavy atom. The highest BCUT2D eigenvalue weighted by atomic mass is 16.1. The molecule has 0 radical (unpaired) electrons. The van der Waals surface area contributed by atoms with E-state index in [0.29, 0.717) is 25.0 Å². The lowest BCUT2D eigenvalue weighted by atomic mass is 9.72. The summed E-state index contributed by atoms with van der Waals surface area (Å²) in [4.78, 5) is 12.0. The van der Waals surface area contributed by atoms with Gasteiger partial charge in [0.15, 0.2) is 0 Å². The van der Waals surface area contributed by atoms with Gasteiger partial charge in [0.05, 0.1) is 6.07 Å². The molecule has 15 heavy (non-hydrogen) atoms. The molecule has 0 spiro atoms. The number of carbonyl (C=O) groups is 1. The van der Waals surface area contributed by atoms with Crippen molar-refractivity contribution in [2.24, 2.45) is 5.92 Å². The van der Waals surface area contributed by atoms with Crippen molar-refractivity contribution in [2.45, 2.75) is 58.0 Å². The molecule has 1 atom stereocenters. The largest absolute Gasteiger partial charge is 0.306 e. The van der Waals surface area contributed by atoms with Crippen LogP contribution >= 0.6 is 0 Å². The summed E-state index contributed by atoms with van der Waals surface area (Å²) in [5.74, 6) is 0.268. The number of Topliss-reactive ketones (excluding diaryl/α,β-unsaturated/α-hetero) is 1. The lowest BCUT2D eigenvalue weighted by molar-refractivity contribution is -0.130. The molecule has 1 saturated heterocycles. The molecule has 1 rings (SSSR count). The molecular formula is C12H20N2O. The van der Waals surface area contributed by atoms with Gasteiger partial charge >= 0.3 is 0 Å². The zero-order valence-corrected chi connectivity index (χ0v) is 10.1. The molecule has 0 aromatic carbocycles. The summed E-state index contributed by atoms with van der Waals surface area (Å²) < 4.78 is 0. The lowest BCUT2D eigenvalue weighted by Gasteiger charge is -2.46. The monoisotopic (exact) mass is 208 g/mol. The van der Waals surface area contributed by atoms with E-state index in [1.54, 1.807) is 0 Å². The number of hydrogen-bond acceptors (Lipinski definition) is 3. The molecule has 1 N–H and O–H groups in total. The van der Waals surface area contributed by atoms with Gasteiger partial charge in [-0.15, -0.1) is 0 Å². The molecule has 1 unspecified atom stereocenters. The predicted octanol–water partition coefficient (Wildman–Crippen LogP) is 2.03. The molecule has 0 amide bonds. The van der Waals surface area contributed by atoms with Crippen LogP contribution in [-0.2, 0) is 4.79 Å². The summed E-state index contributed by atoms with van der Waals surface area (Å²) in [6.45, 7) is 8.20. The second-order valence-electron chi connectivity index (χ2n) is 5.62. The first-order chi connectivity index (χ1) is 6.78. The number of carbonyl (C=O) groups excluding carboxylic acids is 1. The van der Waals surface area contributed by atoms with Crippen molar-refractivity contribution in [1.29, 1.82) is 5.26 Å². The minimum Gasteiger partial charge on any atom is -0.306 e. The fourth-order valence-electron chi connectivity index (χ4n) is 2.70. The topological polar surface area (TPSA) is 52.9 Å². The van der Waals surface area contributed by atoms with E-state index in [1.165, 1.54) is 0 Å². The van der Waals surface area contributed by atoms with Crippen molar-refractivity contribution in [2.75, 3.05) is 0 Å². The number of rotatable bonds is 2. The van der Waals surface area contributed by atoms with Crippen LogP contribution in [-0.4, -0.2) is 16.9 Å². The maximum absolute atomic E-state index is 12.0. The highest BCUT2D eigenvalue weighted by Gasteiger charge is 2.44. The maximum atomic E-state index is 12.0. The van der Waals surface area contributed by atoms with Crippen LogP contribution in [0.3, 0.4) is 0 Å². The second-order valence-corrected chi connectivity index (χ2v) is 5.62. The standard InChI is InChI=1S/C12H20N2O/c1-11(2)8-10(15)9(6-5-7-13)12(3,4)14-11/h9,14H,5-6,8H2,1-4H3. The van der Waals surface area contributed by atoms with Gasteiger partial charge in [0.1, 0.15) is 5.78 Å². The zero-order chi connectivity index (χ0) is 11.7. The molecule has 1 aliphatic rings. The summed E-state index contributed by atoms with van der Waals surface area (Å²) in [5.41, 5.74) is -0.320. The van der Waals surface area contributed by atoms with E-state index in [0.717, 1.165) is 0 Å². The minimum atomic E-state index is -0.199.